The van der Waals surface area contributed by atoms with Crippen molar-refractivity contribution in [1.82, 2.24) is 24.9 Å². The Labute approximate surface area is 127 Å². The number of nitrogens with zero attached hydrogens (tertiary/aromatic N) is 4. The molecule has 0 unspecified atom stereocenters. The summed E-state index contributed by atoms with van der Waals surface area (Å²) >= 11 is 0. The molecular formula is C15H17N5O2. The molecule has 0 fully saturated rings. The molecule has 0 aliphatic heterocycles. The summed E-state index contributed by atoms with van der Waals surface area (Å²) in [5.41, 5.74) is 1.86. The molecule has 0 aliphatic carbocycles. The average Bonchev–Trinajstić information content (AvgIpc) is 3.21. The zero-order chi connectivity index (χ0) is 15.5. The molecular weight excluding hydrogens is 282 g/mol. The molecule has 3 rings (SSSR count). The molecule has 1 N–H and O–H groups in total. The molecule has 3 heterocycles. The van der Waals surface area contributed by atoms with Crippen molar-refractivity contribution < 1.29 is 9.21 Å². The van der Waals surface area contributed by atoms with Crippen molar-refractivity contribution >= 4 is 5.91 Å². The number of rotatable bonds is 5. The van der Waals surface area contributed by atoms with Gasteiger partial charge in [-0.25, -0.2) is 0 Å². The third kappa shape index (κ3) is 3.08. The number of aromatic nitrogens is 4. The summed E-state index contributed by atoms with van der Waals surface area (Å²) < 4.78 is 9.05. The van der Waals surface area contributed by atoms with Crippen LogP contribution in [0.3, 0.4) is 0 Å². The number of nitrogens with one attached hydrogen (secondary N) is 1. The van der Waals surface area contributed by atoms with E-state index in [4.69, 9.17) is 4.42 Å². The van der Waals surface area contributed by atoms with Gasteiger partial charge >= 0.3 is 0 Å². The standard InChI is InChI=1S/C15H17N5O2/c1-11-8-12(18-19(11)2)9-16-15(21)14-5-4-13(22-14)10-20-7-3-6-17-20/h3-8H,9-10H2,1-2H3,(H,16,21). The maximum Gasteiger partial charge on any atom is 0.287 e. The van der Waals surface area contributed by atoms with E-state index in [1.165, 1.54) is 0 Å². The van der Waals surface area contributed by atoms with E-state index in [0.717, 1.165) is 11.4 Å². The Morgan fingerprint density at radius 1 is 1.41 bits per heavy atom. The minimum atomic E-state index is -0.255. The molecule has 0 bridgehead atoms. The zero-order valence-electron chi connectivity index (χ0n) is 12.5. The Morgan fingerprint density at radius 2 is 2.27 bits per heavy atom. The Hall–Kier alpha value is -2.83. The van der Waals surface area contributed by atoms with Gasteiger partial charge in [-0.05, 0) is 31.2 Å². The smallest absolute Gasteiger partial charge is 0.287 e. The van der Waals surface area contributed by atoms with Gasteiger partial charge in [0.1, 0.15) is 5.76 Å². The number of amides is 1. The van der Waals surface area contributed by atoms with Gasteiger partial charge in [0.05, 0.1) is 18.8 Å². The molecule has 7 nitrogen and oxygen atoms in total. The topological polar surface area (TPSA) is 77.9 Å². The highest BCUT2D eigenvalue weighted by molar-refractivity contribution is 5.91. The Morgan fingerprint density at radius 3 is 2.95 bits per heavy atom. The van der Waals surface area contributed by atoms with Crippen molar-refractivity contribution in [2.24, 2.45) is 7.05 Å². The molecule has 0 aliphatic rings. The largest absolute Gasteiger partial charge is 0.454 e. The molecule has 7 heteroatoms. The van der Waals surface area contributed by atoms with Crippen LogP contribution in [0.5, 0.6) is 0 Å². The minimum Gasteiger partial charge on any atom is -0.454 e. The number of furan rings is 1. The molecule has 114 valence electrons. The van der Waals surface area contributed by atoms with E-state index in [-0.39, 0.29) is 11.7 Å². The molecule has 0 radical (unpaired) electrons. The second-order valence-corrected chi connectivity index (χ2v) is 5.05. The molecule has 0 spiro atoms. The SMILES string of the molecule is Cc1cc(CNC(=O)c2ccc(Cn3cccn3)o2)nn1C. The number of hydrogen-bond acceptors (Lipinski definition) is 4. The monoisotopic (exact) mass is 299 g/mol. The van der Waals surface area contributed by atoms with Crippen molar-refractivity contribution in [2.75, 3.05) is 0 Å². The normalized spacial score (nSPS) is 10.8. The lowest BCUT2D eigenvalue weighted by molar-refractivity contribution is 0.0920. The number of aryl methyl sites for hydroxylation is 2. The van der Waals surface area contributed by atoms with E-state index >= 15 is 0 Å². The molecule has 1 amide bonds. The quantitative estimate of drug-likeness (QED) is 0.774. The van der Waals surface area contributed by atoms with E-state index in [9.17, 15) is 4.79 Å². The number of carbonyl (C=O) groups is 1. The summed E-state index contributed by atoms with van der Waals surface area (Å²) in [6.07, 6.45) is 3.54. The first-order valence-corrected chi connectivity index (χ1v) is 6.95. The summed E-state index contributed by atoms with van der Waals surface area (Å²) in [4.78, 5) is 12.1. The first-order chi connectivity index (χ1) is 10.6. The van der Waals surface area contributed by atoms with Crippen LogP contribution in [0.25, 0.3) is 0 Å². The predicted molar refractivity (Wildman–Crippen MR) is 79.2 cm³/mol. The van der Waals surface area contributed by atoms with Crippen molar-refractivity contribution in [3.63, 3.8) is 0 Å². The molecule has 0 aromatic carbocycles. The van der Waals surface area contributed by atoms with Crippen LogP contribution >= 0.6 is 0 Å². The lowest BCUT2D eigenvalue weighted by atomic mass is 10.3. The Bertz CT molecular complexity index is 750. The maximum atomic E-state index is 12.1. The van der Waals surface area contributed by atoms with Crippen molar-refractivity contribution in [2.45, 2.75) is 20.0 Å². The molecule has 3 aromatic rings. The van der Waals surface area contributed by atoms with Crippen LogP contribution in [0, 0.1) is 6.92 Å². The summed E-state index contributed by atoms with van der Waals surface area (Å²) in [6, 6.07) is 7.22. The van der Waals surface area contributed by atoms with Gasteiger partial charge in [0, 0.05) is 25.1 Å². The fourth-order valence-electron chi connectivity index (χ4n) is 2.12. The molecule has 0 saturated carbocycles. The molecule has 3 aromatic heterocycles. The van der Waals surface area contributed by atoms with Crippen LogP contribution in [-0.2, 0) is 20.1 Å². The van der Waals surface area contributed by atoms with Crippen LogP contribution in [0.15, 0.2) is 41.1 Å². The van der Waals surface area contributed by atoms with Gasteiger partial charge in [-0.1, -0.05) is 0 Å². The van der Waals surface area contributed by atoms with Gasteiger partial charge in [-0.15, -0.1) is 0 Å². The van der Waals surface area contributed by atoms with Gasteiger partial charge in [0.25, 0.3) is 5.91 Å². The molecule has 0 saturated heterocycles. The highest BCUT2D eigenvalue weighted by Gasteiger charge is 2.12. The van der Waals surface area contributed by atoms with Gasteiger partial charge in [0.2, 0.25) is 0 Å². The molecule has 22 heavy (non-hydrogen) atoms. The van der Waals surface area contributed by atoms with Crippen molar-refractivity contribution in [3.05, 3.63) is 59.6 Å². The van der Waals surface area contributed by atoms with Gasteiger partial charge < -0.3 is 9.73 Å². The molecule has 0 atom stereocenters. The van der Waals surface area contributed by atoms with Gasteiger partial charge in [-0.2, -0.15) is 10.2 Å². The second kappa shape index (κ2) is 5.88. The van der Waals surface area contributed by atoms with Crippen LogP contribution in [-0.4, -0.2) is 25.5 Å². The Kier molecular flexibility index (Phi) is 3.78. The fraction of sp³-hybridized carbons (Fsp3) is 0.267. The Balaban J connectivity index is 1.59. The van der Waals surface area contributed by atoms with Crippen molar-refractivity contribution in [3.8, 4) is 0 Å². The lowest BCUT2D eigenvalue weighted by Gasteiger charge is -2.01. The summed E-state index contributed by atoms with van der Waals surface area (Å²) in [7, 11) is 1.87. The van der Waals surface area contributed by atoms with Crippen LogP contribution < -0.4 is 5.32 Å². The maximum absolute atomic E-state index is 12.1. The first-order valence-electron chi connectivity index (χ1n) is 6.95. The first kappa shape index (κ1) is 14.1. The van der Waals surface area contributed by atoms with Crippen LogP contribution in [0.4, 0.5) is 0 Å². The summed E-state index contributed by atoms with van der Waals surface area (Å²) in [6.45, 7) is 2.84. The van der Waals surface area contributed by atoms with Gasteiger partial charge in [0.15, 0.2) is 5.76 Å². The average molecular weight is 299 g/mol. The van der Waals surface area contributed by atoms with Crippen molar-refractivity contribution in [1.29, 1.82) is 0 Å². The number of hydrogen-bond donors (Lipinski definition) is 1. The van der Waals surface area contributed by atoms with Crippen LogP contribution in [0.1, 0.15) is 27.7 Å². The van der Waals surface area contributed by atoms with E-state index in [1.807, 2.05) is 32.3 Å². The summed E-state index contributed by atoms with van der Waals surface area (Å²) in [5.74, 6) is 0.715. The highest BCUT2D eigenvalue weighted by Crippen LogP contribution is 2.10. The third-order valence-corrected chi connectivity index (χ3v) is 3.36. The zero-order valence-corrected chi connectivity index (χ0v) is 12.5. The van der Waals surface area contributed by atoms with E-state index in [2.05, 4.69) is 15.5 Å². The predicted octanol–water partition coefficient (Wildman–Crippen LogP) is 1.50. The van der Waals surface area contributed by atoms with E-state index < -0.39 is 0 Å². The summed E-state index contributed by atoms with van der Waals surface area (Å²) in [5, 5.41) is 11.2. The van der Waals surface area contributed by atoms with Gasteiger partial charge in [-0.3, -0.25) is 14.2 Å². The minimum absolute atomic E-state index is 0.255. The number of carbonyl (C=O) groups excluding carboxylic acids is 1. The second-order valence-electron chi connectivity index (χ2n) is 5.05. The highest BCUT2D eigenvalue weighted by atomic mass is 16.4. The fourth-order valence-corrected chi connectivity index (χ4v) is 2.12. The van der Waals surface area contributed by atoms with Crippen LogP contribution in [0.2, 0.25) is 0 Å². The van der Waals surface area contributed by atoms with E-state index in [0.29, 0.717) is 18.8 Å². The van der Waals surface area contributed by atoms with E-state index in [1.54, 1.807) is 27.7 Å². The third-order valence-electron chi connectivity index (χ3n) is 3.36. The lowest BCUT2D eigenvalue weighted by Crippen LogP contribution is -2.22.